The van der Waals surface area contributed by atoms with Crippen molar-refractivity contribution < 1.29 is 14.3 Å². The molecule has 0 saturated heterocycles. The lowest BCUT2D eigenvalue weighted by molar-refractivity contribution is -0.117. The van der Waals surface area contributed by atoms with Crippen LogP contribution < -0.4 is 10.9 Å². The summed E-state index contributed by atoms with van der Waals surface area (Å²) in [4.78, 5) is 43.2. The van der Waals surface area contributed by atoms with E-state index in [0.29, 0.717) is 22.6 Å². The van der Waals surface area contributed by atoms with E-state index in [-0.39, 0.29) is 17.9 Å². The number of fused-ring (bicyclic) bond motifs is 1. The first-order valence-electron chi connectivity index (χ1n) is 9.81. The van der Waals surface area contributed by atoms with Gasteiger partial charge in [-0.25, -0.2) is 9.78 Å². The van der Waals surface area contributed by atoms with Crippen LogP contribution in [0.2, 0.25) is 0 Å². The van der Waals surface area contributed by atoms with Crippen LogP contribution in [-0.2, 0) is 16.1 Å². The molecule has 8 nitrogen and oxygen atoms in total. The fourth-order valence-corrected chi connectivity index (χ4v) is 3.72. The molecule has 0 saturated carbocycles. The molecule has 0 radical (unpaired) electrons. The quantitative estimate of drug-likeness (QED) is 0.466. The molecule has 0 spiro atoms. The van der Waals surface area contributed by atoms with E-state index in [1.54, 1.807) is 23.6 Å². The van der Waals surface area contributed by atoms with E-state index in [0.717, 1.165) is 37.8 Å². The highest BCUT2D eigenvalue weighted by molar-refractivity contribution is 7.99. The number of imide groups is 1. The first kappa shape index (κ1) is 22.9. The third kappa shape index (κ3) is 6.57. The Labute approximate surface area is 174 Å². The molecule has 2 rings (SSSR count). The van der Waals surface area contributed by atoms with Gasteiger partial charge in [0.2, 0.25) is 5.91 Å². The van der Waals surface area contributed by atoms with Crippen molar-refractivity contribution in [1.82, 2.24) is 19.8 Å². The lowest BCUT2D eigenvalue weighted by Gasteiger charge is -2.19. The number of rotatable bonds is 10. The van der Waals surface area contributed by atoms with Gasteiger partial charge in [0, 0.05) is 6.54 Å². The minimum atomic E-state index is -0.777. The van der Waals surface area contributed by atoms with E-state index in [9.17, 15) is 14.4 Å². The number of hydrogen-bond donors (Lipinski definition) is 1. The Balaban J connectivity index is 2.19. The van der Waals surface area contributed by atoms with E-state index in [1.165, 1.54) is 0 Å². The smallest absolute Gasteiger partial charge is 0.413 e. The summed E-state index contributed by atoms with van der Waals surface area (Å²) in [5, 5.41) is 3.17. The molecule has 0 aliphatic rings. The molecule has 1 heterocycles. The maximum atomic E-state index is 13.0. The van der Waals surface area contributed by atoms with Gasteiger partial charge in [-0.05, 0) is 45.1 Å². The Kier molecular flexibility index (Phi) is 9.14. The van der Waals surface area contributed by atoms with Crippen molar-refractivity contribution in [3.05, 3.63) is 34.6 Å². The van der Waals surface area contributed by atoms with Crippen LogP contribution in [0, 0.1) is 0 Å². The molecule has 9 heteroatoms. The zero-order chi connectivity index (χ0) is 21.2. The van der Waals surface area contributed by atoms with Crippen LogP contribution in [0.1, 0.15) is 27.2 Å². The maximum Gasteiger partial charge on any atom is 0.413 e. The Morgan fingerprint density at radius 3 is 2.62 bits per heavy atom. The van der Waals surface area contributed by atoms with E-state index >= 15 is 0 Å². The monoisotopic (exact) mass is 420 g/mol. The number of thioether (sulfide) groups is 1. The molecule has 0 bridgehead atoms. The lowest BCUT2D eigenvalue weighted by atomic mass is 10.2. The predicted molar refractivity (Wildman–Crippen MR) is 114 cm³/mol. The maximum absolute atomic E-state index is 13.0. The van der Waals surface area contributed by atoms with Gasteiger partial charge in [-0.1, -0.05) is 37.7 Å². The normalized spacial score (nSPS) is 11.0. The van der Waals surface area contributed by atoms with Crippen molar-refractivity contribution in [1.29, 1.82) is 0 Å². The van der Waals surface area contributed by atoms with Crippen LogP contribution in [0.3, 0.4) is 0 Å². The molecule has 0 aliphatic carbocycles. The van der Waals surface area contributed by atoms with Crippen LogP contribution in [0.15, 0.2) is 34.2 Å². The Morgan fingerprint density at radius 2 is 1.93 bits per heavy atom. The van der Waals surface area contributed by atoms with Gasteiger partial charge < -0.3 is 9.64 Å². The van der Waals surface area contributed by atoms with Gasteiger partial charge in [0.05, 0.1) is 23.3 Å². The highest BCUT2D eigenvalue weighted by Crippen LogP contribution is 2.18. The number of benzene rings is 1. The Morgan fingerprint density at radius 1 is 1.21 bits per heavy atom. The van der Waals surface area contributed by atoms with Crippen molar-refractivity contribution in [3.8, 4) is 0 Å². The number of aromatic nitrogens is 2. The van der Waals surface area contributed by atoms with Crippen LogP contribution in [-0.4, -0.2) is 58.4 Å². The number of nitrogens with zero attached hydrogens (tertiary/aromatic N) is 3. The molecule has 1 N–H and O–H groups in total. The first-order valence-corrected chi connectivity index (χ1v) is 10.8. The number of amides is 2. The number of ether oxygens (including phenoxy) is 1. The number of para-hydroxylation sites is 1. The summed E-state index contributed by atoms with van der Waals surface area (Å²) < 4.78 is 6.33. The molecule has 0 fully saturated rings. The summed E-state index contributed by atoms with van der Waals surface area (Å²) >= 11 is 1.13. The number of alkyl carbamates (subject to hydrolysis) is 1. The van der Waals surface area contributed by atoms with Gasteiger partial charge in [-0.2, -0.15) is 0 Å². The SMILES string of the molecule is CCOC(=O)NC(=O)CSc1nc2ccccc2c(=O)n1CCCN(CC)CC. The van der Waals surface area contributed by atoms with Gasteiger partial charge in [0.1, 0.15) is 0 Å². The number of nitrogens with one attached hydrogen (secondary N) is 1. The summed E-state index contributed by atoms with van der Waals surface area (Å²) in [5.74, 6) is -0.537. The van der Waals surface area contributed by atoms with Crippen molar-refractivity contribution in [2.45, 2.75) is 38.9 Å². The zero-order valence-corrected chi connectivity index (χ0v) is 18.0. The predicted octanol–water partition coefficient (Wildman–Crippen LogP) is 2.49. The van der Waals surface area contributed by atoms with Crippen molar-refractivity contribution >= 4 is 34.7 Å². The summed E-state index contributed by atoms with van der Waals surface area (Å²) in [5.41, 5.74) is 0.467. The van der Waals surface area contributed by atoms with Crippen LogP contribution in [0.25, 0.3) is 10.9 Å². The molecule has 29 heavy (non-hydrogen) atoms. The minimum Gasteiger partial charge on any atom is -0.450 e. The van der Waals surface area contributed by atoms with Crippen LogP contribution in [0.4, 0.5) is 4.79 Å². The Bertz CT molecular complexity index is 896. The zero-order valence-electron chi connectivity index (χ0n) is 17.1. The molecule has 0 aliphatic heterocycles. The largest absolute Gasteiger partial charge is 0.450 e. The molecule has 2 amide bonds. The average Bonchev–Trinajstić information content (AvgIpc) is 2.71. The molecule has 1 aromatic carbocycles. The van der Waals surface area contributed by atoms with E-state index < -0.39 is 12.0 Å². The molecule has 158 valence electrons. The topological polar surface area (TPSA) is 93.5 Å². The molecule has 1 aromatic heterocycles. The van der Waals surface area contributed by atoms with Crippen LogP contribution >= 0.6 is 11.8 Å². The first-order chi connectivity index (χ1) is 14.0. The second-order valence-electron chi connectivity index (χ2n) is 6.31. The van der Waals surface area contributed by atoms with Gasteiger partial charge in [-0.15, -0.1) is 0 Å². The molecule has 0 atom stereocenters. The van der Waals surface area contributed by atoms with E-state index in [1.807, 2.05) is 12.1 Å². The fourth-order valence-electron chi connectivity index (χ4n) is 2.89. The van der Waals surface area contributed by atoms with Gasteiger partial charge in [-0.3, -0.25) is 19.5 Å². The van der Waals surface area contributed by atoms with Gasteiger partial charge in [0.25, 0.3) is 5.56 Å². The average molecular weight is 421 g/mol. The lowest BCUT2D eigenvalue weighted by Crippen LogP contribution is -2.33. The van der Waals surface area contributed by atoms with Gasteiger partial charge >= 0.3 is 6.09 Å². The number of hydrogen-bond acceptors (Lipinski definition) is 7. The van der Waals surface area contributed by atoms with Crippen molar-refractivity contribution in [2.24, 2.45) is 0 Å². The minimum absolute atomic E-state index is 0.0420. The summed E-state index contributed by atoms with van der Waals surface area (Å²) in [6.07, 6.45) is 0.0191. The number of carbonyl (C=O) groups is 2. The second-order valence-corrected chi connectivity index (χ2v) is 7.25. The highest BCUT2D eigenvalue weighted by atomic mass is 32.2. The Hall–Kier alpha value is -2.39. The third-order valence-corrected chi connectivity index (χ3v) is 5.40. The molecule has 0 unspecified atom stereocenters. The highest BCUT2D eigenvalue weighted by Gasteiger charge is 2.15. The van der Waals surface area contributed by atoms with Gasteiger partial charge in [0.15, 0.2) is 5.16 Å². The third-order valence-electron chi connectivity index (χ3n) is 4.43. The van der Waals surface area contributed by atoms with Crippen molar-refractivity contribution in [3.63, 3.8) is 0 Å². The standard InChI is InChI=1S/C20H28N4O4S/c1-4-23(5-2)12-9-13-24-18(26)15-10-7-8-11-16(15)21-19(24)29-14-17(25)22-20(27)28-6-3/h7-8,10-11H,4-6,9,12-14H2,1-3H3,(H,22,25,27). The summed E-state index contributed by atoms with van der Waals surface area (Å²) in [7, 11) is 0. The van der Waals surface area contributed by atoms with Crippen LogP contribution in [0.5, 0.6) is 0 Å². The van der Waals surface area contributed by atoms with E-state index in [2.05, 4.69) is 29.0 Å². The second kappa shape index (κ2) is 11.6. The molecular weight excluding hydrogens is 392 g/mol. The summed E-state index contributed by atoms with van der Waals surface area (Å²) in [6, 6.07) is 7.17. The molecule has 2 aromatic rings. The summed E-state index contributed by atoms with van der Waals surface area (Å²) in [6.45, 7) is 9.36. The van der Waals surface area contributed by atoms with E-state index in [4.69, 9.17) is 4.74 Å². The van der Waals surface area contributed by atoms with Crippen molar-refractivity contribution in [2.75, 3.05) is 32.0 Å². The fraction of sp³-hybridized carbons (Fsp3) is 0.500. The molecular formula is C20H28N4O4S. The number of carbonyl (C=O) groups excluding carboxylic acids is 2.